The van der Waals surface area contributed by atoms with Gasteiger partial charge in [-0.3, -0.25) is 10.1 Å². The van der Waals surface area contributed by atoms with Gasteiger partial charge in [0.15, 0.2) is 5.78 Å². The number of halogens is 1. The summed E-state index contributed by atoms with van der Waals surface area (Å²) in [6, 6.07) is 13.4. The molecule has 0 spiro atoms. The lowest BCUT2D eigenvalue weighted by Crippen LogP contribution is -2.34. The number of hydrogen-bond donors (Lipinski definition) is 4. The van der Waals surface area contributed by atoms with Crippen molar-refractivity contribution in [1.29, 1.82) is 5.26 Å². The quantitative estimate of drug-likeness (QED) is 0.275. The van der Waals surface area contributed by atoms with Crippen LogP contribution in [0.25, 0.3) is 0 Å². The molecule has 4 N–H and O–H groups in total. The van der Waals surface area contributed by atoms with Crippen LogP contribution in [-0.4, -0.2) is 24.1 Å². The third-order valence-electron chi connectivity index (χ3n) is 7.02. The standard InChI is InChI=1S/C29H31BrN4O4/c1-4-6-17-10-23-27(25(35)11-17)26(21(14-31)16(2)33-23)19-12-22(30)28(24(13-19)34-29(36)37)32-15-18-7-5-8-20(9-18)38-3/h5,7-9,12-13,17,26,32-34H,4,6,10-11,15H2,1-3H3,(H,36,37). The fourth-order valence-electron chi connectivity index (χ4n) is 5.37. The second-order valence-electron chi connectivity index (χ2n) is 9.65. The Hall–Kier alpha value is -3.77. The molecule has 2 unspecified atom stereocenters. The monoisotopic (exact) mass is 578 g/mol. The van der Waals surface area contributed by atoms with Crippen molar-refractivity contribution in [2.24, 2.45) is 5.92 Å². The Kier molecular flexibility index (Phi) is 8.42. The van der Waals surface area contributed by atoms with Gasteiger partial charge in [0.25, 0.3) is 0 Å². The summed E-state index contributed by atoms with van der Waals surface area (Å²) >= 11 is 3.61. The average molecular weight is 579 g/mol. The molecule has 0 saturated heterocycles. The van der Waals surface area contributed by atoms with Crippen LogP contribution in [0.15, 0.2) is 63.4 Å². The molecular weight excluding hydrogens is 548 g/mol. The van der Waals surface area contributed by atoms with Gasteiger partial charge in [0.1, 0.15) is 5.75 Å². The minimum Gasteiger partial charge on any atom is -0.497 e. The van der Waals surface area contributed by atoms with Crippen molar-refractivity contribution < 1.29 is 19.4 Å². The number of dihydropyridines is 1. The maximum atomic E-state index is 13.4. The highest BCUT2D eigenvalue weighted by molar-refractivity contribution is 9.10. The average Bonchev–Trinajstić information content (AvgIpc) is 2.87. The fourth-order valence-corrected chi connectivity index (χ4v) is 5.99. The van der Waals surface area contributed by atoms with Crippen LogP contribution < -0.4 is 20.7 Å². The third kappa shape index (κ3) is 5.70. The van der Waals surface area contributed by atoms with Gasteiger partial charge in [-0.2, -0.15) is 5.26 Å². The molecule has 0 radical (unpaired) electrons. The molecule has 4 rings (SSSR count). The van der Waals surface area contributed by atoms with Crippen molar-refractivity contribution in [3.05, 3.63) is 74.5 Å². The summed E-state index contributed by atoms with van der Waals surface area (Å²) in [4.78, 5) is 25.1. The van der Waals surface area contributed by atoms with Crippen LogP contribution in [0, 0.1) is 17.2 Å². The molecule has 0 fully saturated rings. The molecule has 38 heavy (non-hydrogen) atoms. The lowest BCUT2D eigenvalue weighted by atomic mass is 9.72. The summed E-state index contributed by atoms with van der Waals surface area (Å²) in [7, 11) is 1.60. The van der Waals surface area contributed by atoms with E-state index in [0.29, 0.717) is 51.2 Å². The van der Waals surface area contributed by atoms with E-state index in [-0.39, 0.29) is 11.7 Å². The van der Waals surface area contributed by atoms with Gasteiger partial charge in [0.05, 0.1) is 36.0 Å². The number of anilines is 2. The van der Waals surface area contributed by atoms with Crippen LogP contribution in [0.5, 0.6) is 5.75 Å². The summed E-state index contributed by atoms with van der Waals surface area (Å²) in [5.74, 6) is 0.452. The summed E-state index contributed by atoms with van der Waals surface area (Å²) in [6.45, 7) is 4.38. The second-order valence-corrected chi connectivity index (χ2v) is 10.5. The number of benzene rings is 2. The third-order valence-corrected chi connectivity index (χ3v) is 7.65. The minimum absolute atomic E-state index is 0.0338. The molecule has 1 heterocycles. The van der Waals surface area contributed by atoms with Crippen LogP contribution in [0.4, 0.5) is 16.2 Å². The normalized spacial score (nSPS) is 18.9. The minimum atomic E-state index is -1.22. The van der Waals surface area contributed by atoms with Crippen molar-refractivity contribution in [3.8, 4) is 11.8 Å². The van der Waals surface area contributed by atoms with Crippen LogP contribution in [-0.2, 0) is 11.3 Å². The molecule has 2 aliphatic rings. The highest BCUT2D eigenvalue weighted by Crippen LogP contribution is 2.46. The molecule has 198 valence electrons. The summed E-state index contributed by atoms with van der Waals surface area (Å²) < 4.78 is 5.91. The van der Waals surface area contributed by atoms with Crippen LogP contribution in [0.3, 0.4) is 0 Å². The van der Waals surface area contributed by atoms with Crippen molar-refractivity contribution >= 4 is 39.2 Å². The Balaban J connectivity index is 1.76. The topological polar surface area (TPSA) is 123 Å². The molecule has 8 nitrogen and oxygen atoms in total. The van der Waals surface area contributed by atoms with Crippen molar-refractivity contribution in [2.45, 2.75) is 52.0 Å². The van der Waals surface area contributed by atoms with Gasteiger partial charge in [-0.1, -0.05) is 25.5 Å². The molecule has 0 bridgehead atoms. The molecule has 1 aliphatic heterocycles. The molecule has 2 atom stereocenters. The SMILES string of the molecule is CCCC1CC(=O)C2=C(C1)NC(C)=C(C#N)C2c1cc(Br)c(NCc2cccc(OC)c2)c(NC(=O)O)c1. The van der Waals surface area contributed by atoms with Gasteiger partial charge in [-0.25, -0.2) is 4.79 Å². The number of carboxylic acid groups (broad SMARTS) is 1. The zero-order chi connectivity index (χ0) is 27.4. The van der Waals surface area contributed by atoms with E-state index < -0.39 is 12.0 Å². The number of rotatable bonds is 8. The first-order valence-corrected chi connectivity index (χ1v) is 13.4. The first-order valence-electron chi connectivity index (χ1n) is 12.6. The van der Waals surface area contributed by atoms with Crippen LogP contribution >= 0.6 is 15.9 Å². The summed E-state index contributed by atoms with van der Waals surface area (Å²) in [5, 5.41) is 28.8. The zero-order valence-corrected chi connectivity index (χ0v) is 23.2. The fraction of sp³-hybridized carbons (Fsp3) is 0.345. The number of carbonyl (C=O) groups excluding carboxylic acids is 1. The van der Waals surface area contributed by atoms with Crippen molar-refractivity contribution in [1.82, 2.24) is 5.32 Å². The summed E-state index contributed by atoms with van der Waals surface area (Å²) in [5.41, 5.74) is 5.14. The highest BCUT2D eigenvalue weighted by Gasteiger charge is 2.38. The molecule has 1 amide bonds. The predicted molar refractivity (Wildman–Crippen MR) is 150 cm³/mol. The molecule has 2 aromatic carbocycles. The predicted octanol–water partition coefficient (Wildman–Crippen LogP) is 6.68. The Morgan fingerprint density at radius 2 is 2.08 bits per heavy atom. The molecule has 1 aliphatic carbocycles. The van der Waals surface area contributed by atoms with Crippen molar-refractivity contribution in [3.63, 3.8) is 0 Å². The maximum Gasteiger partial charge on any atom is 0.409 e. The zero-order valence-electron chi connectivity index (χ0n) is 21.7. The lowest BCUT2D eigenvalue weighted by molar-refractivity contribution is -0.117. The Morgan fingerprint density at radius 1 is 1.29 bits per heavy atom. The van der Waals surface area contributed by atoms with E-state index in [2.05, 4.69) is 44.9 Å². The largest absolute Gasteiger partial charge is 0.497 e. The molecular formula is C29H31BrN4O4. The van der Waals surface area contributed by atoms with E-state index in [0.717, 1.165) is 36.3 Å². The first-order chi connectivity index (χ1) is 18.2. The first kappa shape index (κ1) is 27.3. The van der Waals surface area contributed by atoms with Crippen LogP contribution in [0.2, 0.25) is 0 Å². The molecule has 2 aromatic rings. The molecule has 0 aromatic heterocycles. The van der Waals surface area contributed by atoms with Gasteiger partial charge >= 0.3 is 6.09 Å². The Morgan fingerprint density at radius 3 is 2.76 bits per heavy atom. The van der Waals surface area contributed by atoms with E-state index in [9.17, 15) is 20.0 Å². The molecule has 0 saturated carbocycles. The number of ketones is 1. The van der Waals surface area contributed by atoms with E-state index in [1.54, 1.807) is 13.2 Å². The van der Waals surface area contributed by atoms with Gasteiger partial charge in [-0.05, 0) is 77.0 Å². The highest BCUT2D eigenvalue weighted by atomic mass is 79.9. The van der Waals surface area contributed by atoms with Crippen molar-refractivity contribution in [2.75, 3.05) is 17.7 Å². The second kappa shape index (κ2) is 11.7. The lowest BCUT2D eigenvalue weighted by Gasteiger charge is -2.35. The number of nitriles is 1. The number of hydrogen-bond acceptors (Lipinski definition) is 6. The van der Waals surface area contributed by atoms with E-state index in [1.165, 1.54) is 0 Å². The number of Topliss-reactive ketones (excluding diaryl/α,β-unsaturated/α-hetero) is 1. The summed E-state index contributed by atoms with van der Waals surface area (Å²) in [6.07, 6.45) is 1.96. The maximum absolute atomic E-state index is 13.4. The van der Waals surface area contributed by atoms with Gasteiger partial charge in [0.2, 0.25) is 0 Å². The number of nitrogens with zero attached hydrogens (tertiary/aromatic N) is 1. The molecule has 9 heteroatoms. The van der Waals surface area contributed by atoms with E-state index in [1.807, 2.05) is 37.3 Å². The number of amides is 1. The van der Waals surface area contributed by atoms with E-state index in [4.69, 9.17) is 4.74 Å². The smallest absolute Gasteiger partial charge is 0.409 e. The van der Waals surface area contributed by atoms with Crippen LogP contribution in [0.1, 0.15) is 56.6 Å². The van der Waals surface area contributed by atoms with E-state index >= 15 is 0 Å². The van der Waals surface area contributed by atoms with Gasteiger partial charge in [0, 0.05) is 34.4 Å². The number of ether oxygens (including phenoxy) is 1. The number of nitrogens with one attached hydrogen (secondary N) is 3. The number of carbonyl (C=O) groups is 2. The number of allylic oxidation sites excluding steroid dienone is 4. The van der Waals surface area contributed by atoms with Gasteiger partial charge in [-0.15, -0.1) is 0 Å². The Bertz CT molecular complexity index is 1380. The Labute approximate surface area is 230 Å². The number of methoxy groups -OCH3 is 1. The van der Waals surface area contributed by atoms with Gasteiger partial charge < -0.3 is 20.5 Å².